The van der Waals surface area contributed by atoms with Crippen LogP contribution in [0.25, 0.3) is 0 Å². The number of amides is 2. The number of benzene rings is 1. The first-order valence-electron chi connectivity index (χ1n) is 8.48. The van der Waals surface area contributed by atoms with Gasteiger partial charge in [0.05, 0.1) is 12.8 Å². The third kappa shape index (κ3) is 4.05. The van der Waals surface area contributed by atoms with E-state index >= 15 is 0 Å². The lowest BCUT2D eigenvalue weighted by atomic mass is 10.1. The third-order valence-corrected chi connectivity index (χ3v) is 4.29. The first kappa shape index (κ1) is 18.4. The number of aromatic carboxylic acids is 1. The summed E-state index contributed by atoms with van der Waals surface area (Å²) in [5.41, 5.74) is 0.483. The van der Waals surface area contributed by atoms with E-state index < -0.39 is 11.9 Å². The summed E-state index contributed by atoms with van der Waals surface area (Å²) in [5.74, 6) is -1.53. The van der Waals surface area contributed by atoms with Crippen LogP contribution in [0.5, 0.6) is 5.75 Å². The van der Waals surface area contributed by atoms with Crippen molar-refractivity contribution in [1.82, 2.24) is 9.88 Å². The summed E-state index contributed by atoms with van der Waals surface area (Å²) < 4.78 is 5.25. The number of likely N-dealkylation sites (tertiary alicyclic amines) is 1. The molecule has 8 nitrogen and oxygen atoms in total. The van der Waals surface area contributed by atoms with Gasteiger partial charge in [-0.3, -0.25) is 9.59 Å². The molecule has 1 aliphatic rings. The van der Waals surface area contributed by atoms with E-state index in [1.165, 1.54) is 25.3 Å². The summed E-state index contributed by atoms with van der Waals surface area (Å²) in [7, 11) is 1.45. The fraction of sp³-hybridized carbons (Fsp3) is 0.263. The molecule has 140 valence electrons. The SMILES string of the molecule is COc1ccc(C(=O)N2CCCC2)cc1NC(=O)c1cccc(C(=O)O)n1. The van der Waals surface area contributed by atoms with Crippen LogP contribution in [0.3, 0.4) is 0 Å². The second-order valence-corrected chi connectivity index (χ2v) is 6.08. The number of pyridine rings is 1. The van der Waals surface area contributed by atoms with Crippen molar-refractivity contribution in [1.29, 1.82) is 0 Å². The monoisotopic (exact) mass is 369 g/mol. The Morgan fingerprint density at radius 2 is 1.81 bits per heavy atom. The maximum atomic E-state index is 12.6. The molecule has 2 N–H and O–H groups in total. The molecule has 0 aliphatic carbocycles. The smallest absolute Gasteiger partial charge is 0.354 e. The number of rotatable bonds is 5. The molecular weight excluding hydrogens is 350 g/mol. The molecule has 8 heteroatoms. The lowest BCUT2D eigenvalue weighted by Gasteiger charge is -2.17. The fourth-order valence-electron chi connectivity index (χ4n) is 2.91. The number of carbonyl (C=O) groups is 3. The number of carboxylic acid groups (broad SMARTS) is 1. The second kappa shape index (κ2) is 7.86. The topological polar surface area (TPSA) is 109 Å². The van der Waals surface area contributed by atoms with Gasteiger partial charge in [0.25, 0.3) is 11.8 Å². The molecule has 0 radical (unpaired) electrons. The predicted octanol–water partition coefficient (Wildman–Crippen LogP) is 2.28. The van der Waals surface area contributed by atoms with Crippen LogP contribution in [-0.4, -0.2) is 53.0 Å². The van der Waals surface area contributed by atoms with Gasteiger partial charge >= 0.3 is 5.97 Å². The molecule has 0 spiro atoms. The molecule has 1 saturated heterocycles. The molecule has 2 aromatic rings. The molecule has 2 heterocycles. The van der Waals surface area contributed by atoms with Crippen LogP contribution in [0.2, 0.25) is 0 Å². The largest absolute Gasteiger partial charge is 0.495 e. The van der Waals surface area contributed by atoms with Crippen molar-refractivity contribution in [3.05, 3.63) is 53.3 Å². The Hall–Kier alpha value is -3.42. The summed E-state index contributed by atoms with van der Waals surface area (Å²) in [4.78, 5) is 41.7. The average molecular weight is 369 g/mol. The zero-order valence-corrected chi connectivity index (χ0v) is 14.8. The Bertz CT molecular complexity index is 891. The number of hydrogen-bond donors (Lipinski definition) is 2. The summed E-state index contributed by atoms with van der Waals surface area (Å²) in [6, 6.07) is 8.97. The molecule has 0 atom stereocenters. The van der Waals surface area contributed by atoms with Crippen molar-refractivity contribution in [2.75, 3.05) is 25.5 Å². The van der Waals surface area contributed by atoms with Crippen molar-refractivity contribution in [3.8, 4) is 5.75 Å². The highest BCUT2D eigenvalue weighted by atomic mass is 16.5. The van der Waals surface area contributed by atoms with Crippen molar-refractivity contribution in [2.45, 2.75) is 12.8 Å². The van der Waals surface area contributed by atoms with E-state index in [2.05, 4.69) is 10.3 Å². The van der Waals surface area contributed by atoms with Gasteiger partial charge in [-0.2, -0.15) is 0 Å². The number of carbonyl (C=O) groups excluding carboxylic acids is 2. The highest BCUT2D eigenvalue weighted by Gasteiger charge is 2.21. The van der Waals surface area contributed by atoms with Crippen molar-refractivity contribution in [2.24, 2.45) is 0 Å². The maximum absolute atomic E-state index is 12.6. The maximum Gasteiger partial charge on any atom is 0.354 e. The Morgan fingerprint density at radius 1 is 1.11 bits per heavy atom. The van der Waals surface area contributed by atoms with Crippen LogP contribution >= 0.6 is 0 Å². The Kier molecular flexibility index (Phi) is 5.35. The summed E-state index contributed by atoms with van der Waals surface area (Å²) in [6.07, 6.45) is 1.97. The predicted molar refractivity (Wildman–Crippen MR) is 97.3 cm³/mol. The quantitative estimate of drug-likeness (QED) is 0.837. The Morgan fingerprint density at radius 3 is 2.48 bits per heavy atom. The molecule has 1 aromatic carbocycles. The molecule has 2 amide bonds. The number of methoxy groups -OCH3 is 1. The van der Waals surface area contributed by atoms with Crippen LogP contribution < -0.4 is 10.1 Å². The van der Waals surface area contributed by atoms with E-state index in [1.54, 1.807) is 23.1 Å². The zero-order chi connectivity index (χ0) is 19.4. The van der Waals surface area contributed by atoms with E-state index in [0.29, 0.717) is 17.0 Å². The van der Waals surface area contributed by atoms with Gasteiger partial charge in [0, 0.05) is 18.7 Å². The van der Waals surface area contributed by atoms with Crippen molar-refractivity contribution >= 4 is 23.5 Å². The first-order valence-corrected chi connectivity index (χ1v) is 8.48. The number of ether oxygens (including phenoxy) is 1. The van der Waals surface area contributed by atoms with Crippen molar-refractivity contribution < 1.29 is 24.2 Å². The third-order valence-electron chi connectivity index (χ3n) is 4.29. The van der Waals surface area contributed by atoms with Gasteiger partial charge in [0.2, 0.25) is 0 Å². The highest BCUT2D eigenvalue weighted by Crippen LogP contribution is 2.27. The lowest BCUT2D eigenvalue weighted by Crippen LogP contribution is -2.27. The molecule has 0 bridgehead atoms. The number of hydrogen-bond acceptors (Lipinski definition) is 5. The van der Waals surface area contributed by atoms with E-state index in [4.69, 9.17) is 9.84 Å². The lowest BCUT2D eigenvalue weighted by molar-refractivity contribution is 0.0689. The molecule has 1 aliphatic heterocycles. The Labute approximate surface area is 155 Å². The average Bonchev–Trinajstić information content (AvgIpc) is 3.22. The van der Waals surface area contributed by atoms with E-state index in [0.717, 1.165) is 25.9 Å². The van der Waals surface area contributed by atoms with Gasteiger partial charge < -0.3 is 20.1 Å². The summed E-state index contributed by atoms with van der Waals surface area (Å²) >= 11 is 0. The molecule has 1 aromatic heterocycles. The number of nitrogens with one attached hydrogen (secondary N) is 1. The molecular formula is C19H19N3O5. The number of nitrogens with zero attached hydrogens (tertiary/aromatic N) is 2. The van der Waals surface area contributed by atoms with Crippen LogP contribution in [0.15, 0.2) is 36.4 Å². The molecule has 1 fully saturated rings. The van der Waals surface area contributed by atoms with Crippen LogP contribution in [0.4, 0.5) is 5.69 Å². The van der Waals surface area contributed by atoms with E-state index in [-0.39, 0.29) is 17.3 Å². The molecule has 27 heavy (non-hydrogen) atoms. The second-order valence-electron chi connectivity index (χ2n) is 6.08. The van der Waals surface area contributed by atoms with Gasteiger partial charge in [-0.15, -0.1) is 0 Å². The number of anilines is 1. The van der Waals surface area contributed by atoms with Crippen LogP contribution in [0.1, 0.15) is 44.2 Å². The number of carboxylic acids is 1. The van der Waals surface area contributed by atoms with E-state index in [9.17, 15) is 14.4 Å². The first-order chi connectivity index (χ1) is 13.0. The number of aromatic nitrogens is 1. The highest BCUT2D eigenvalue weighted by molar-refractivity contribution is 6.05. The van der Waals surface area contributed by atoms with Crippen LogP contribution in [0, 0.1) is 0 Å². The molecule has 0 saturated carbocycles. The Balaban J connectivity index is 1.85. The van der Waals surface area contributed by atoms with Gasteiger partial charge in [0.15, 0.2) is 0 Å². The van der Waals surface area contributed by atoms with Crippen molar-refractivity contribution in [3.63, 3.8) is 0 Å². The van der Waals surface area contributed by atoms with Crippen LogP contribution in [-0.2, 0) is 0 Å². The zero-order valence-electron chi connectivity index (χ0n) is 14.8. The minimum absolute atomic E-state index is 0.0479. The van der Waals surface area contributed by atoms with Gasteiger partial charge in [-0.05, 0) is 43.2 Å². The normalized spacial score (nSPS) is 13.3. The fourth-order valence-corrected chi connectivity index (χ4v) is 2.91. The van der Waals surface area contributed by atoms with Gasteiger partial charge in [-0.25, -0.2) is 9.78 Å². The molecule has 0 unspecified atom stereocenters. The molecule has 3 rings (SSSR count). The van der Waals surface area contributed by atoms with Gasteiger partial charge in [-0.1, -0.05) is 6.07 Å². The minimum atomic E-state index is -1.22. The summed E-state index contributed by atoms with van der Waals surface area (Å²) in [5, 5.41) is 11.6. The van der Waals surface area contributed by atoms with Gasteiger partial charge in [0.1, 0.15) is 17.1 Å². The standard InChI is InChI=1S/C19H19N3O5/c1-27-16-8-7-12(18(24)22-9-2-3-10-22)11-15(16)21-17(23)13-5-4-6-14(20-13)19(25)26/h4-8,11H,2-3,9-10H2,1H3,(H,21,23)(H,25,26). The minimum Gasteiger partial charge on any atom is -0.495 e. The van der Waals surface area contributed by atoms with E-state index in [1.807, 2.05) is 0 Å². The summed E-state index contributed by atoms with van der Waals surface area (Å²) in [6.45, 7) is 1.44.